The Balaban J connectivity index is 2.10. The van der Waals surface area contributed by atoms with E-state index in [1.165, 1.54) is 6.08 Å². The number of rotatable bonds is 5. The molecule has 1 aliphatic rings. The maximum atomic E-state index is 12.5. The maximum absolute atomic E-state index is 12.5. The summed E-state index contributed by atoms with van der Waals surface area (Å²) in [6.07, 6.45) is 6.23. The number of hydrogen-bond acceptors (Lipinski definition) is 3. The number of nitrogens with one attached hydrogen (secondary N) is 1. The summed E-state index contributed by atoms with van der Waals surface area (Å²) in [5.41, 5.74) is 0.467. The fourth-order valence-electron chi connectivity index (χ4n) is 2.43. The first-order valence-corrected chi connectivity index (χ1v) is 7.97. The molecular weight excluding hydrogens is 337 g/mol. The summed E-state index contributed by atoms with van der Waals surface area (Å²) in [7, 11) is 0. The zero-order chi connectivity index (χ0) is 16.8. The van der Waals surface area contributed by atoms with Crippen molar-refractivity contribution in [1.82, 2.24) is 0 Å². The van der Waals surface area contributed by atoms with Crippen molar-refractivity contribution in [2.45, 2.75) is 12.8 Å². The second-order valence-corrected chi connectivity index (χ2v) is 6.03. The highest BCUT2D eigenvalue weighted by molar-refractivity contribution is 6.36. The number of carbonyl (C=O) groups excluding carboxylic acids is 2. The minimum atomic E-state index is -0.508. The van der Waals surface area contributed by atoms with E-state index in [0.717, 1.165) is 0 Å². The van der Waals surface area contributed by atoms with E-state index >= 15 is 0 Å². The number of allylic oxidation sites excluding steroid dienone is 2. The van der Waals surface area contributed by atoms with Crippen molar-refractivity contribution in [1.29, 1.82) is 0 Å². The molecule has 6 heteroatoms. The van der Waals surface area contributed by atoms with Gasteiger partial charge in [0, 0.05) is 5.02 Å². The molecule has 122 valence electrons. The van der Waals surface area contributed by atoms with Gasteiger partial charge in [-0.15, -0.1) is 0 Å². The number of esters is 1. The number of ether oxygens (including phenoxy) is 1. The van der Waals surface area contributed by atoms with E-state index in [-0.39, 0.29) is 12.5 Å². The van der Waals surface area contributed by atoms with Gasteiger partial charge < -0.3 is 10.1 Å². The van der Waals surface area contributed by atoms with Gasteiger partial charge >= 0.3 is 5.97 Å². The van der Waals surface area contributed by atoms with Crippen LogP contribution < -0.4 is 5.32 Å². The predicted octanol–water partition coefficient (Wildman–Crippen LogP) is 4.24. The molecule has 1 amide bonds. The number of carbonyl (C=O) groups is 2. The van der Waals surface area contributed by atoms with Gasteiger partial charge in [-0.05, 0) is 31.0 Å². The van der Waals surface area contributed by atoms with Crippen molar-refractivity contribution < 1.29 is 14.3 Å². The van der Waals surface area contributed by atoms with E-state index in [9.17, 15) is 9.59 Å². The third-order valence-corrected chi connectivity index (χ3v) is 4.15. The van der Waals surface area contributed by atoms with E-state index in [0.29, 0.717) is 28.6 Å². The van der Waals surface area contributed by atoms with E-state index in [2.05, 4.69) is 11.9 Å². The number of amides is 1. The Kier molecular flexibility index (Phi) is 6.25. The molecule has 2 atom stereocenters. The zero-order valence-corrected chi connectivity index (χ0v) is 13.9. The van der Waals surface area contributed by atoms with Crippen molar-refractivity contribution in [3.05, 3.63) is 53.1 Å². The van der Waals surface area contributed by atoms with Crippen LogP contribution in [0.15, 0.2) is 43.0 Å². The van der Waals surface area contributed by atoms with E-state index < -0.39 is 17.8 Å². The van der Waals surface area contributed by atoms with Gasteiger partial charge in [-0.25, -0.2) is 0 Å². The lowest BCUT2D eigenvalue weighted by atomic mass is 9.82. The quantitative estimate of drug-likeness (QED) is 0.636. The largest absolute Gasteiger partial charge is 0.461 e. The molecule has 2 rings (SSSR count). The predicted molar refractivity (Wildman–Crippen MR) is 91.6 cm³/mol. The van der Waals surface area contributed by atoms with E-state index in [1.807, 2.05) is 12.2 Å². The average Bonchev–Trinajstić information content (AvgIpc) is 2.55. The third-order valence-electron chi connectivity index (χ3n) is 3.60. The number of hydrogen-bond donors (Lipinski definition) is 1. The van der Waals surface area contributed by atoms with Crippen LogP contribution >= 0.6 is 23.2 Å². The third kappa shape index (κ3) is 4.60. The van der Waals surface area contributed by atoms with Crippen LogP contribution in [0.25, 0.3) is 0 Å². The van der Waals surface area contributed by atoms with Crippen molar-refractivity contribution in [2.75, 3.05) is 11.9 Å². The Morgan fingerprint density at radius 1 is 1.26 bits per heavy atom. The molecule has 1 aromatic rings. The molecule has 0 radical (unpaired) electrons. The monoisotopic (exact) mass is 353 g/mol. The standard InChI is InChI=1S/C17H17Cl2NO3/c1-2-9-23-17(22)13-6-4-3-5-12(13)16(21)20-15-8-7-11(18)10-14(15)19/h2-4,7-8,10,12-13H,1,5-6,9H2,(H,20,21)/t12-,13+/m0/s1. The lowest BCUT2D eigenvalue weighted by Gasteiger charge is -2.26. The van der Waals surface area contributed by atoms with Crippen molar-refractivity contribution >= 4 is 40.8 Å². The van der Waals surface area contributed by atoms with Crippen molar-refractivity contribution in [2.24, 2.45) is 11.8 Å². The van der Waals surface area contributed by atoms with Crippen LogP contribution in [-0.2, 0) is 14.3 Å². The molecule has 0 heterocycles. The van der Waals surface area contributed by atoms with Crippen LogP contribution in [0.1, 0.15) is 12.8 Å². The van der Waals surface area contributed by atoms with Crippen LogP contribution in [0.3, 0.4) is 0 Å². The molecule has 0 unspecified atom stereocenters. The molecule has 0 fully saturated rings. The maximum Gasteiger partial charge on any atom is 0.310 e. The minimum absolute atomic E-state index is 0.135. The lowest BCUT2D eigenvalue weighted by molar-refractivity contribution is -0.151. The second-order valence-electron chi connectivity index (χ2n) is 5.19. The van der Waals surface area contributed by atoms with Gasteiger partial charge in [-0.2, -0.15) is 0 Å². The molecule has 0 saturated carbocycles. The lowest BCUT2D eigenvalue weighted by Crippen LogP contribution is -2.35. The highest BCUT2D eigenvalue weighted by Gasteiger charge is 2.35. The smallest absolute Gasteiger partial charge is 0.310 e. The Labute approximate surface area is 145 Å². The number of halogens is 2. The van der Waals surface area contributed by atoms with Crippen LogP contribution in [0.4, 0.5) is 5.69 Å². The summed E-state index contributed by atoms with van der Waals surface area (Å²) in [5.74, 6) is -1.66. The summed E-state index contributed by atoms with van der Waals surface area (Å²) < 4.78 is 5.09. The SMILES string of the molecule is C=CCOC(=O)[C@@H]1CC=CC[C@@H]1C(=O)Nc1ccc(Cl)cc1Cl. The van der Waals surface area contributed by atoms with Crippen molar-refractivity contribution in [3.63, 3.8) is 0 Å². The number of anilines is 1. The first-order chi connectivity index (χ1) is 11.0. The molecule has 0 bridgehead atoms. The summed E-state index contributed by atoms with van der Waals surface area (Å²) in [6.45, 7) is 3.64. The molecular formula is C17H17Cl2NO3. The Morgan fingerprint density at radius 2 is 1.96 bits per heavy atom. The molecule has 1 aromatic carbocycles. The summed E-state index contributed by atoms with van der Waals surface area (Å²) in [4.78, 5) is 24.6. The molecule has 0 aliphatic heterocycles. The fraction of sp³-hybridized carbons (Fsp3) is 0.294. The topological polar surface area (TPSA) is 55.4 Å². The van der Waals surface area contributed by atoms with Gasteiger partial charge in [0.05, 0.1) is 22.5 Å². The molecule has 23 heavy (non-hydrogen) atoms. The molecule has 1 N–H and O–H groups in total. The fourth-order valence-corrected chi connectivity index (χ4v) is 2.88. The van der Waals surface area contributed by atoms with Crippen molar-refractivity contribution in [3.8, 4) is 0 Å². The van der Waals surface area contributed by atoms with Gasteiger partial charge in [-0.1, -0.05) is 48.0 Å². The van der Waals surface area contributed by atoms with Gasteiger partial charge in [0.1, 0.15) is 6.61 Å². The molecule has 0 saturated heterocycles. The van der Waals surface area contributed by atoms with Crippen LogP contribution in [0, 0.1) is 11.8 Å². The zero-order valence-electron chi connectivity index (χ0n) is 12.4. The molecule has 0 spiro atoms. The van der Waals surface area contributed by atoms with E-state index in [4.69, 9.17) is 27.9 Å². The molecule has 1 aliphatic carbocycles. The van der Waals surface area contributed by atoms with Crippen LogP contribution in [0.5, 0.6) is 0 Å². The minimum Gasteiger partial charge on any atom is -0.461 e. The highest BCUT2D eigenvalue weighted by Crippen LogP contribution is 2.30. The molecule has 0 aromatic heterocycles. The van der Waals surface area contributed by atoms with Gasteiger partial charge in [0.25, 0.3) is 0 Å². The van der Waals surface area contributed by atoms with Gasteiger partial charge in [0.2, 0.25) is 5.91 Å². The Hall–Kier alpha value is -1.78. The summed E-state index contributed by atoms with van der Waals surface area (Å²) >= 11 is 11.9. The first-order valence-electron chi connectivity index (χ1n) is 7.21. The van der Waals surface area contributed by atoms with E-state index in [1.54, 1.807) is 18.2 Å². The summed E-state index contributed by atoms with van der Waals surface area (Å²) in [6, 6.07) is 4.82. The Morgan fingerprint density at radius 3 is 2.61 bits per heavy atom. The first kappa shape index (κ1) is 17.6. The molecule has 4 nitrogen and oxygen atoms in total. The van der Waals surface area contributed by atoms with Gasteiger partial charge in [-0.3, -0.25) is 9.59 Å². The normalized spacial score (nSPS) is 19.9. The Bertz CT molecular complexity index is 643. The van der Waals surface area contributed by atoms with Crippen LogP contribution in [-0.4, -0.2) is 18.5 Å². The number of benzene rings is 1. The summed E-state index contributed by atoms with van der Waals surface area (Å²) in [5, 5.41) is 3.59. The van der Waals surface area contributed by atoms with Gasteiger partial charge in [0.15, 0.2) is 0 Å². The van der Waals surface area contributed by atoms with Crippen LogP contribution in [0.2, 0.25) is 10.0 Å². The highest BCUT2D eigenvalue weighted by atomic mass is 35.5. The average molecular weight is 354 g/mol. The second kappa shape index (κ2) is 8.18.